The maximum Gasteiger partial charge on any atom is 0.133 e. The second-order valence-corrected chi connectivity index (χ2v) is 5.96. The van der Waals surface area contributed by atoms with E-state index < -0.39 is 5.60 Å². The largest absolute Gasteiger partial charge is 0.507 e. The molecule has 0 bridgehead atoms. The van der Waals surface area contributed by atoms with Crippen molar-refractivity contribution in [3.8, 4) is 11.5 Å². The molecule has 1 heterocycles. The average Bonchev–Trinajstić information content (AvgIpc) is 2.32. The number of hydrogen-bond acceptors (Lipinski definition) is 3. The van der Waals surface area contributed by atoms with Gasteiger partial charge >= 0.3 is 0 Å². The first-order valence-corrected chi connectivity index (χ1v) is 6.75. The van der Waals surface area contributed by atoms with Gasteiger partial charge in [-0.1, -0.05) is 0 Å². The lowest BCUT2D eigenvalue weighted by atomic mass is 9.85. The molecule has 1 atom stereocenters. The molecule has 0 aromatic heterocycles. The molecular formula is C16H22O3. The zero-order valence-electron chi connectivity index (χ0n) is 12.4. The number of ether oxygens (including phenoxy) is 1. The van der Waals surface area contributed by atoms with Gasteiger partial charge in [0.25, 0.3) is 0 Å². The van der Waals surface area contributed by atoms with Crippen LogP contribution in [0.2, 0.25) is 0 Å². The molecule has 0 fully saturated rings. The molecule has 19 heavy (non-hydrogen) atoms. The van der Waals surface area contributed by atoms with Gasteiger partial charge < -0.3 is 9.84 Å². The number of carbonyl (C=O) groups is 1. The minimum atomic E-state index is -0.417. The van der Waals surface area contributed by atoms with Crippen LogP contribution < -0.4 is 4.74 Å². The number of ketones is 1. The molecule has 1 aliphatic heterocycles. The van der Waals surface area contributed by atoms with E-state index in [0.717, 1.165) is 40.8 Å². The van der Waals surface area contributed by atoms with Crippen molar-refractivity contribution in [3.63, 3.8) is 0 Å². The van der Waals surface area contributed by atoms with Crippen LogP contribution in [-0.2, 0) is 11.2 Å². The van der Waals surface area contributed by atoms with Gasteiger partial charge in [0.2, 0.25) is 0 Å². The van der Waals surface area contributed by atoms with Crippen LogP contribution in [0.3, 0.4) is 0 Å². The molecule has 104 valence electrons. The first kappa shape index (κ1) is 13.9. The van der Waals surface area contributed by atoms with Crippen molar-refractivity contribution in [3.05, 3.63) is 22.3 Å². The van der Waals surface area contributed by atoms with Gasteiger partial charge in [0.1, 0.15) is 22.9 Å². The van der Waals surface area contributed by atoms with Crippen molar-refractivity contribution in [1.29, 1.82) is 0 Å². The van der Waals surface area contributed by atoms with Crippen molar-refractivity contribution >= 4 is 5.78 Å². The first-order chi connectivity index (χ1) is 8.75. The Bertz CT molecular complexity index is 546. The Morgan fingerprint density at radius 1 is 1.26 bits per heavy atom. The molecule has 1 N–H and O–H groups in total. The van der Waals surface area contributed by atoms with E-state index in [1.165, 1.54) is 0 Å². The predicted octanol–water partition coefficient (Wildman–Crippen LogP) is 3.38. The van der Waals surface area contributed by atoms with Crippen molar-refractivity contribution in [1.82, 2.24) is 0 Å². The lowest BCUT2D eigenvalue weighted by molar-refractivity contribution is -0.121. The third-order valence-corrected chi connectivity index (χ3v) is 4.22. The molecule has 3 heteroatoms. The summed E-state index contributed by atoms with van der Waals surface area (Å²) in [6.07, 6.45) is 2.09. The van der Waals surface area contributed by atoms with Crippen LogP contribution in [-0.4, -0.2) is 16.5 Å². The minimum Gasteiger partial charge on any atom is -0.507 e. The van der Waals surface area contributed by atoms with E-state index in [-0.39, 0.29) is 5.78 Å². The zero-order chi connectivity index (χ0) is 14.4. The zero-order valence-corrected chi connectivity index (χ0v) is 12.4. The summed E-state index contributed by atoms with van der Waals surface area (Å²) in [6.45, 7) is 9.39. The summed E-state index contributed by atoms with van der Waals surface area (Å²) in [6, 6.07) is 0. The van der Waals surface area contributed by atoms with Gasteiger partial charge in [0.15, 0.2) is 0 Å². The predicted molar refractivity (Wildman–Crippen MR) is 75.0 cm³/mol. The molecule has 0 saturated carbocycles. The number of carbonyl (C=O) groups excluding carboxylic acids is 1. The molecule has 1 aromatic carbocycles. The fourth-order valence-corrected chi connectivity index (χ4v) is 2.95. The highest BCUT2D eigenvalue weighted by molar-refractivity contribution is 5.76. The monoisotopic (exact) mass is 262 g/mol. The Kier molecular flexibility index (Phi) is 3.33. The van der Waals surface area contributed by atoms with Crippen molar-refractivity contribution in [2.75, 3.05) is 0 Å². The van der Waals surface area contributed by atoms with E-state index >= 15 is 0 Å². The fraction of sp³-hybridized carbons (Fsp3) is 0.562. The maximum absolute atomic E-state index is 11.4. The number of phenols is 1. The lowest BCUT2D eigenvalue weighted by Gasteiger charge is -2.37. The highest BCUT2D eigenvalue weighted by Crippen LogP contribution is 2.43. The van der Waals surface area contributed by atoms with E-state index in [0.29, 0.717) is 12.2 Å². The van der Waals surface area contributed by atoms with Crippen molar-refractivity contribution < 1.29 is 14.6 Å². The Morgan fingerprint density at radius 2 is 1.89 bits per heavy atom. The van der Waals surface area contributed by atoms with E-state index in [9.17, 15) is 9.90 Å². The van der Waals surface area contributed by atoms with Gasteiger partial charge in [-0.15, -0.1) is 0 Å². The fourth-order valence-electron chi connectivity index (χ4n) is 2.95. The Balaban J connectivity index is 2.49. The second-order valence-electron chi connectivity index (χ2n) is 5.96. The molecule has 1 aromatic rings. The minimum absolute atomic E-state index is 0.149. The Morgan fingerprint density at radius 3 is 2.47 bits per heavy atom. The van der Waals surface area contributed by atoms with Crippen molar-refractivity contribution in [2.45, 2.75) is 59.5 Å². The normalized spacial score (nSPS) is 21.7. The quantitative estimate of drug-likeness (QED) is 0.888. The number of phenolic OH excluding ortho intramolecular Hbond substituents is 1. The topological polar surface area (TPSA) is 46.5 Å². The van der Waals surface area contributed by atoms with Crippen molar-refractivity contribution in [2.24, 2.45) is 0 Å². The second kappa shape index (κ2) is 4.55. The number of rotatable bonds is 2. The Hall–Kier alpha value is -1.51. The molecule has 1 aliphatic rings. The number of benzene rings is 1. The van der Waals surface area contributed by atoms with Gasteiger partial charge in [-0.05, 0) is 64.2 Å². The smallest absolute Gasteiger partial charge is 0.133 e. The van der Waals surface area contributed by atoms with E-state index in [1.54, 1.807) is 6.92 Å². The summed E-state index contributed by atoms with van der Waals surface area (Å²) in [5.74, 6) is 1.38. The summed E-state index contributed by atoms with van der Waals surface area (Å²) in [5, 5.41) is 10.1. The summed E-state index contributed by atoms with van der Waals surface area (Å²) in [7, 11) is 0. The molecule has 0 amide bonds. The number of aromatic hydroxyl groups is 1. The molecule has 0 spiro atoms. The molecule has 0 saturated heterocycles. The van der Waals surface area contributed by atoms with Gasteiger partial charge in [-0.2, -0.15) is 0 Å². The van der Waals surface area contributed by atoms with Crippen LogP contribution in [0.15, 0.2) is 0 Å². The summed E-state index contributed by atoms with van der Waals surface area (Å²) in [5.41, 5.74) is 3.42. The summed E-state index contributed by atoms with van der Waals surface area (Å²) in [4.78, 5) is 11.4. The molecule has 0 radical (unpaired) electrons. The third-order valence-electron chi connectivity index (χ3n) is 4.22. The maximum atomic E-state index is 11.4. The summed E-state index contributed by atoms with van der Waals surface area (Å²) < 4.78 is 6.15. The lowest BCUT2D eigenvalue weighted by Crippen LogP contribution is -2.38. The molecule has 1 unspecified atom stereocenters. The van der Waals surface area contributed by atoms with Gasteiger partial charge in [-0.3, -0.25) is 4.79 Å². The molecular weight excluding hydrogens is 240 g/mol. The van der Waals surface area contributed by atoms with E-state index in [2.05, 4.69) is 0 Å². The molecule has 0 aliphatic carbocycles. The van der Waals surface area contributed by atoms with Crippen LogP contribution in [0.5, 0.6) is 11.5 Å². The number of fused-ring (bicyclic) bond motifs is 1. The highest BCUT2D eigenvalue weighted by Gasteiger charge is 2.35. The van der Waals surface area contributed by atoms with Crippen LogP contribution >= 0.6 is 0 Å². The van der Waals surface area contributed by atoms with E-state index in [1.807, 2.05) is 27.7 Å². The number of Topliss-reactive ketones (excluding diaryl/α,β-unsaturated/α-hetero) is 1. The van der Waals surface area contributed by atoms with Crippen LogP contribution in [0.4, 0.5) is 0 Å². The van der Waals surface area contributed by atoms with Gasteiger partial charge in [-0.25, -0.2) is 0 Å². The standard InChI is InChI=1S/C16H22O3/c1-9(17)8-16(5)7-6-13-12(4)14(18)10(2)11(3)15(13)19-16/h18H,6-8H2,1-5H3. The van der Waals surface area contributed by atoms with Gasteiger partial charge in [0, 0.05) is 12.0 Å². The van der Waals surface area contributed by atoms with E-state index in [4.69, 9.17) is 4.74 Å². The summed E-state index contributed by atoms with van der Waals surface area (Å²) >= 11 is 0. The Labute approximate surface area is 114 Å². The van der Waals surface area contributed by atoms with Gasteiger partial charge in [0.05, 0.1) is 0 Å². The molecule has 3 nitrogen and oxygen atoms in total. The first-order valence-electron chi connectivity index (χ1n) is 6.75. The molecule has 2 rings (SSSR count). The number of hydrogen-bond donors (Lipinski definition) is 1. The van der Waals surface area contributed by atoms with Crippen LogP contribution in [0.1, 0.15) is 48.9 Å². The average molecular weight is 262 g/mol. The van der Waals surface area contributed by atoms with Crippen LogP contribution in [0.25, 0.3) is 0 Å². The SMILES string of the molecule is CC(=O)CC1(C)CCc2c(C)c(O)c(C)c(C)c2O1. The van der Waals surface area contributed by atoms with Crippen LogP contribution in [0, 0.1) is 20.8 Å². The third kappa shape index (κ3) is 2.34. The highest BCUT2D eigenvalue weighted by atomic mass is 16.5.